The molecule has 0 spiro atoms. The fraction of sp³-hybridized carbons (Fsp3) is 0.400. The molecule has 0 atom stereocenters. The highest BCUT2D eigenvalue weighted by Crippen LogP contribution is 2.38. The van der Waals surface area contributed by atoms with Gasteiger partial charge < -0.3 is 10.1 Å². The number of amides is 1. The molecule has 0 saturated carbocycles. The van der Waals surface area contributed by atoms with Gasteiger partial charge in [-0.1, -0.05) is 6.42 Å². The van der Waals surface area contributed by atoms with Gasteiger partial charge in [0.15, 0.2) is 9.84 Å². The quantitative estimate of drug-likeness (QED) is 0.421. The fourth-order valence-corrected chi connectivity index (χ4v) is 5.86. The fourth-order valence-electron chi connectivity index (χ4n) is 3.32. The molecule has 0 saturated heterocycles. The van der Waals surface area contributed by atoms with E-state index >= 15 is 0 Å². The van der Waals surface area contributed by atoms with Crippen LogP contribution in [0, 0.1) is 5.82 Å². The molecule has 1 heterocycles. The zero-order valence-electron chi connectivity index (χ0n) is 16.0. The summed E-state index contributed by atoms with van der Waals surface area (Å²) in [7, 11) is -2.42. The van der Waals surface area contributed by atoms with Gasteiger partial charge in [0, 0.05) is 11.3 Å². The maximum Gasteiger partial charge on any atom is 0.341 e. The van der Waals surface area contributed by atoms with Crippen molar-refractivity contribution >= 4 is 38.1 Å². The van der Waals surface area contributed by atoms with E-state index in [1.165, 1.54) is 30.6 Å². The third-order valence-electron chi connectivity index (χ3n) is 4.83. The molecule has 1 aliphatic rings. The molecule has 9 heteroatoms. The Hall–Kier alpha value is -2.26. The second-order valence-electron chi connectivity index (χ2n) is 6.83. The van der Waals surface area contributed by atoms with Gasteiger partial charge >= 0.3 is 5.97 Å². The molecule has 156 valence electrons. The predicted octanol–water partition coefficient (Wildman–Crippen LogP) is 3.75. The molecule has 0 unspecified atom stereocenters. The molecule has 0 aliphatic heterocycles. The van der Waals surface area contributed by atoms with Gasteiger partial charge in [0.05, 0.1) is 23.3 Å². The lowest BCUT2D eigenvalue weighted by molar-refractivity contribution is -0.115. The van der Waals surface area contributed by atoms with Crippen LogP contribution in [0.25, 0.3) is 0 Å². The van der Waals surface area contributed by atoms with E-state index in [-0.39, 0.29) is 11.3 Å². The number of hydrogen-bond acceptors (Lipinski definition) is 6. The Morgan fingerprint density at radius 1 is 1.14 bits per heavy atom. The highest BCUT2D eigenvalue weighted by atomic mass is 32.2. The lowest BCUT2D eigenvalue weighted by atomic mass is 10.1. The Bertz CT molecular complexity index is 1010. The van der Waals surface area contributed by atoms with Gasteiger partial charge in [-0.15, -0.1) is 11.3 Å². The maximum atomic E-state index is 13.0. The van der Waals surface area contributed by atoms with E-state index in [1.54, 1.807) is 0 Å². The molecule has 3 rings (SSSR count). The van der Waals surface area contributed by atoms with Gasteiger partial charge in [0.25, 0.3) is 0 Å². The first-order valence-corrected chi connectivity index (χ1v) is 11.8. The van der Waals surface area contributed by atoms with E-state index in [4.69, 9.17) is 4.74 Å². The largest absolute Gasteiger partial charge is 0.465 e. The molecule has 1 aromatic heterocycles. The van der Waals surface area contributed by atoms with Crippen LogP contribution < -0.4 is 5.32 Å². The maximum absolute atomic E-state index is 13.0. The molecule has 0 fully saturated rings. The molecule has 1 amide bonds. The number of hydrogen-bond donors (Lipinski definition) is 1. The summed E-state index contributed by atoms with van der Waals surface area (Å²) in [6.07, 6.45) is 4.41. The Morgan fingerprint density at radius 2 is 1.83 bits per heavy atom. The summed E-state index contributed by atoms with van der Waals surface area (Å²) in [4.78, 5) is 25.7. The molecule has 29 heavy (non-hydrogen) atoms. The minimum Gasteiger partial charge on any atom is -0.465 e. The summed E-state index contributed by atoms with van der Waals surface area (Å²) in [5, 5.41) is 3.10. The first-order chi connectivity index (χ1) is 13.8. The highest BCUT2D eigenvalue weighted by Gasteiger charge is 2.26. The zero-order chi connectivity index (χ0) is 21.0. The number of thiophene rings is 1. The Balaban J connectivity index is 1.73. The van der Waals surface area contributed by atoms with E-state index in [9.17, 15) is 22.4 Å². The third-order valence-corrected chi connectivity index (χ3v) is 7.77. The Kier molecular flexibility index (Phi) is 6.69. The van der Waals surface area contributed by atoms with E-state index < -0.39 is 33.3 Å². The number of carbonyl (C=O) groups is 2. The number of fused-ring (bicyclic) bond motifs is 1. The molecule has 6 nitrogen and oxygen atoms in total. The van der Waals surface area contributed by atoms with E-state index in [0.29, 0.717) is 10.6 Å². The number of esters is 1. The average Bonchev–Trinajstić information content (AvgIpc) is 2.86. The number of methoxy groups -OCH3 is 1. The molecule has 0 radical (unpaired) electrons. The topological polar surface area (TPSA) is 89.5 Å². The van der Waals surface area contributed by atoms with Crippen LogP contribution in [0.3, 0.4) is 0 Å². The number of sulfone groups is 1. The SMILES string of the molecule is COC(=O)c1c(NC(=O)CCS(=O)(=O)c2ccc(F)cc2)sc2c1CCCCC2. The van der Waals surface area contributed by atoms with Crippen molar-refractivity contribution in [2.24, 2.45) is 0 Å². The Labute approximate surface area is 173 Å². The van der Waals surface area contributed by atoms with Crippen molar-refractivity contribution in [3.63, 3.8) is 0 Å². The van der Waals surface area contributed by atoms with E-state index in [1.807, 2.05) is 0 Å². The number of carbonyl (C=O) groups excluding carboxylic acids is 2. The number of nitrogens with one attached hydrogen (secondary N) is 1. The van der Waals surface area contributed by atoms with Crippen LogP contribution in [-0.4, -0.2) is 33.2 Å². The van der Waals surface area contributed by atoms with E-state index in [0.717, 1.165) is 54.7 Å². The molecule has 1 aliphatic carbocycles. The van der Waals surface area contributed by atoms with Crippen LogP contribution in [0.2, 0.25) is 0 Å². The molecular weight excluding hydrogens is 417 g/mol. The van der Waals surface area contributed by atoms with E-state index in [2.05, 4.69) is 5.32 Å². The number of aryl methyl sites for hydroxylation is 1. The van der Waals surface area contributed by atoms with Crippen molar-refractivity contribution in [2.45, 2.75) is 43.4 Å². The van der Waals surface area contributed by atoms with Gasteiger partial charge in [-0.2, -0.15) is 0 Å². The van der Waals surface area contributed by atoms with Gasteiger partial charge in [0.1, 0.15) is 10.8 Å². The number of benzene rings is 1. The van der Waals surface area contributed by atoms with Crippen LogP contribution in [0.1, 0.15) is 46.5 Å². The second kappa shape index (κ2) is 9.04. The predicted molar refractivity (Wildman–Crippen MR) is 109 cm³/mol. The molecular formula is C20H22FNO5S2. The highest BCUT2D eigenvalue weighted by molar-refractivity contribution is 7.91. The van der Waals surface area contributed by atoms with Crippen LogP contribution in [-0.2, 0) is 32.2 Å². The van der Waals surface area contributed by atoms with Gasteiger partial charge in [-0.05, 0) is 55.5 Å². The average molecular weight is 440 g/mol. The van der Waals surface area contributed by atoms with Crippen molar-refractivity contribution in [1.82, 2.24) is 0 Å². The molecule has 0 bridgehead atoms. The summed E-state index contributed by atoms with van der Waals surface area (Å²) in [5.41, 5.74) is 1.30. The first kappa shape index (κ1) is 21.4. The zero-order valence-corrected chi connectivity index (χ0v) is 17.6. The van der Waals surface area contributed by atoms with Crippen molar-refractivity contribution < 1.29 is 27.1 Å². The van der Waals surface area contributed by atoms with Crippen LogP contribution in [0.5, 0.6) is 0 Å². The smallest absolute Gasteiger partial charge is 0.341 e. The van der Waals surface area contributed by atoms with Gasteiger partial charge in [-0.25, -0.2) is 17.6 Å². The van der Waals surface area contributed by atoms with Crippen molar-refractivity contribution in [3.8, 4) is 0 Å². The van der Waals surface area contributed by atoms with Gasteiger partial charge in [0.2, 0.25) is 5.91 Å². The van der Waals surface area contributed by atoms with Crippen molar-refractivity contribution in [1.29, 1.82) is 0 Å². The number of anilines is 1. The van der Waals surface area contributed by atoms with Crippen molar-refractivity contribution in [3.05, 3.63) is 46.1 Å². The molecule has 2 aromatic rings. The summed E-state index contributed by atoms with van der Waals surface area (Å²) in [5.74, 6) is -1.95. The second-order valence-corrected chi connectivity index (χ2v) is 10.0. The number of halogens is 1. The number of rotatable bonds is 6. The van der Waals surface area contributed by atoms with Crippen LogP contribution >= 0.6 is 11.3 Å². The summed E-state index contributed by atoms with van der Waals surface area (Å²) in [6.45, 7) is 0. The summed E-state index contributed by atoms with van der Waals surface area (Å²) < 4.78 is 42.6. The molecule has 1 aromatic carbocycles. The van der Waals surface area contributed by atoms with Crippen molar-refractivity contribution in [2.75, 3.05) is 18.2 Å². The Morgan fingerprint density at radius 3 is 2.52 bits per heavy atom. The normalized spacial score (nSPS) is 14.0. The molecule has 1 N–H and O–H groups in total. The minimum atomic E-state index is -3.72. The lowest BCUT2D eigenvalue weighted by Gasteiger charge is -2.08. The third kappa shape index (κ3) is 5.02. The number of ether oxygens (including phenoxy) is 1. The summed E-state index contributed by atoms with van der Waals surface area (Å²) >= 11 is 1.35. The summed E-state index contributed by atoms with van der Waals surface area (Å²) in [6, 6.07) is 4.48. The lowest BCUT2D eigenvalue weighted by Crippen LogP contribution is -2.18. The first-order valence-electron chi connectivity index (χ1n) is 9.33. The minimum absolute atomic E-state index is 0.0372. The standard InChI is InChI=1S/C20H22FNO5S2/c1-27-20(24)18-15-5-3-2-4-6-16(15)28-19(18)22-17(23)11-12-29(25,26)14-9-7-13(21)8-10-14/h7-10H,2-6,11-12H2,1H3,(H,22,23). The monoisotopic (exact) mass is 439 g/mol. The van der Waals surface area contributed by atoms with Crippen LogP contribution in [0.15, 0.2) is 29.2 Å². The van der Waals surface area contributed by atoms with Crippen LogP contribution in [0.4, 0.5) is 9.39 Å². The van der Waals surface area contributed by atoms with Gasteiger partial charge in [-0.3, -0.25) is 4.79 Å².